The second-order valence-electron chi connectivity index (χ2n) is 5.92. The highest BCUT2D eigenvalue weighted by atomic mass is 79.9. The summed E-state index contributed by atoms with van der Waals surface area (Å²) in [5, 5.41) is 3.43. The van der Waals surface area contributed by atoms with Crippen molar-refractivity contribution in [1.29, 1.82) is 0 Å². The molecule has 1 N–H and O–H groups in total. The second kappa shape index (κ2) is 6.87. The first-order valence-electron chi connectivity index (χ1n) is 7.21. The van der Waals surface area contributed by atoms with Gasteiger partial charge in [-0.3, -0.25) is 0 Å². The number of rotatable bonds is 7. The van der Waals surface area contributed by atoms with Gasteiger partial charge in [0.2, 0.25) is 0 Å². The molecule has 2 rings (SSSR count). The number of hydrogen-bond donors (Lipinski definition) is 1. The lowest BCUT2D eigenvalue weighted by Crippen LogP contribution is -2.27. The van der Waals surface area contributed by atoms with Crippen LogP contribution in [-0.2, 0) is 0 Å². The topological polar surface area (TPSA) is 15.3 Å². The van der Waals surface area contributed by atoms with Crippen molar-refractivity contribution < 1.29 is 0 Å². The minimum absolute atomic E-state index is 0.441. The van der Waals surface area contributed by atoms with Crippen molar-refractivity contribution >= 4 is 15.9 Å². The SMILES string of the molecule is CNC(CCN(C)CC1CC1C)c1cccc(Br)c1. The Morgan fingerprint density at radius 3 is 2.79 bits per heavy atom. The first-order chi connectivity index (χ1) is 9.10. The predicted molar refractivity (Wildman–Crippen MR) is 85.3 cm³/mol. The monoisotopic (exact) mass is 324 g/mol. The van der Waals surface area contributed by atoms with Crippen molar-refractivity contribution in [2.24, 2.45) is 11.8 Å². The van der Waals surface area contributed by atoms with Crippen LogP contribution in [0.5, 0.6) is 0 Å². The molecule has 0 saturated heterocycles. The summed E-state index contributed by atoms with van der Waals surface area (Å²) in [7, 11) is 4.30. The predicted octanol–water partition coefficient (Wildman–Crippen LogP) is 3.69. The van der Waals surface area contributed by atoms with Gasteiger partial charge in [0, 0.05) is 17.1 Å². The summed E-state index contributed by atoms with van der Waals surface area (Å²) in [5.74, 6) is 1.90. The summed E-state index contributed by atoms with van der Waals surface area (Å²) < 4.78 is 1.16. The molecule has 1 aliphatic carbocycles. The van der Waals surface area contributed by atoms with Crippen LogP contribution in [0.1, 0.15) is 31.4 Å². The van der Waals surface area contributed by atoms with Gasteiger partial charge in [-0.05, 0) is 63.0 Å². The molecule has 1 aromatic rings. The summed E-state index contributed by atoms with van der Waals surface area (Å²) in [6.45, 7) is 4.77. The van der Waals surface area contributed by atoms with Crippen molar-refractivity contribution in [3.8, 4) is 0 Å². The molecule has 106 valence electrons. The molecule has 3 heteroatoms. The fraction of sp³-hybridized carbons (Fsp3) is 0.625. The molecule has 2 nitrogen and oxygen atoms in total. The fourth-order valence-corrected chi connectivity index (χ4v) is 3.11. The molecule has 0 amide bonds. The minimum atomic E-state index is 0.441. The van der Waals surface area contributed by atoms with Crippen molar-refractivity contribution in [1.82, 2.24) is 10.2 Å². The Bertz CT molecular complexity index is 407. The van der Waals surface area contributed by atoms with Gasteiger partial charge >= 0.3 is 0 Å². The first-order valence-corrected chi connectivity index (χ1v) is 8.00. The van der Waals surface area contributed by atoms with Crippen molar-refractivity contribution in [2.45, 2.75) is 25.8 Å². The Morgan fingerprint density at radius 2 is 2.21 bits per heavy atom. The third kappa shape index (κ3) is 4.59. The number of halogens is 1. The van der Waals surface area contributed by atoms with Crippen LogP contribution in [0.4, 0.5) is 0 Å². The average molecular weight is 325 g/mol. The molecule has 3 unspecified atom stereocenters. The zero-order chi connectivity index (χ0) is 13.8. The minimum Gasteiger partial charge on any atom is -0.313 e. The Hall–Kier alpha value is -0.380. The second-order valence-corrected chi connectivity index (χ2v) is 6.84. The average Bonchev–Trinajstić information content (AvgIpc) is 3.05. The van der Waals surface area contributed by atoms with E-state index < -0.39 is 0 Å². The lowest BCUT2D eigenvalue weighted by atomic mass is 10.0. The molecule has 0 aromatic heterocycles. The van der Waals surface area contributed by atoms with Gasteiger partial charge in [-0.25, -0.2) is 0 Å². The normalized spacial score (nSPS) is 23.6. The van der Waals surface area contributed by atoms with E-state index in [0.717, 1.165) is 29.3 Å². The molecule has 0 aliphatic heterocycles. The van der Waals surface area contributed by atoms with Crippen LogP contribution < -0.4 is 5.32 Å². The van der Waals surface area contributed by atoms with Crippen molar-refractivity contribution in [3.63, 3.8) is 0 Å². The zero-order valence-electron chi connectivity index (χ0n) is 12.2. The van der Waals surface area contributed by atoms with Gasteiger partial charge in [0.1, 0.15) is 0 Å². The highest BCUT2D eigenvalue weighted by Crippen LogP contribution is 2.38. The third-order valence-corrected chi connectivity index (χ3v) is 4.71. The first kappa shape index (κ1) is 15.0. The van der Waals surface area contributed by atoms with Crippen LogP contribution >= 0.6 is 15.9 Å². The molecule has 1 fully saturated rings. The molecule has 3 atom stereocenters. The van der Waals surface area contributed by atoms with E-state index in [9.17, 15) is 0 Å². The highest BCUT2D eigenvalue weighted by molar-refractivity contribution is 9.10. The molecule has 1 saturated carbocycles. The van der Waals surface area contributed by atoms with E-state index in [0.29, 0.717) is 6.04 Å². The number of nitrogens with zero attached hydrogens (tertiary/aromatic N) is 1. The van der Waals surface area contributed by atoms with Gasteiger partial charge in [0.15, 0.2) is 0 Å². The molecular formula is C16H25BrN2. The molecule has 0 heterocycles. The lowest BCUT2D eigenvalue weighted by molar-refractivity contribution is 0.295. The van der Waals surface area contributed by atoms with Gasteiger partial charge in [0.05, 0.1) is 0 Å². The van der Waals surface area contributed by atoms with E-state index in [-0.39, 0.29) is 0 Å². The van der Waals surface area contributed by atoms with Gasteiger partial charge in [-0.1, -0.05) is 35.0 Å². The summed E-state index contributed by atoms with van der Waals surface area (Å²) in [6, 6.07) is 9.05. The number of nitrogens with one attached hydrogen (secondary N) is 1. The van der Waals surface area contributed by atoms with E-state index in [2.05, 4.69) is 71.4 Å². The van der Waals surface area contributed by atoms with E-state index in [4.69, 9.17) is 0 Å². The number of hydrogen-bond acceptors (Lipinski definition) is 2. The molecular weight excluding hydrogens is 300 g/mol. The van der Waals surface area contributed by atoms with Gasteiger partial charge in [0.25, 0.3) is 0 Å². The van der Waals surface area contributed by atoms with Crippen molar-refractivity contribution in [3.05, 3.63) is 34.3 Å². The Balaban J connectivity index is 1.82. The zero-order valence-corrected chi connectivity index (χ0v) is 13.8. The van der Waals surface area contributed by atoms with Crippen LogP contribution in [-0.4, -0.2) is 32.1 Å². The van der Waals surface area contributed by atoms with Crippen LogP contribution in [0, 0.1) is 11.8 Å². The van der Waals surface area contributed by atoms with Crippen LogP contribution in [0.15, 0.2) is 28.7 Å². The Labute approximate surface area is 125 Å². The van der Waals surface area contributed by atoms with Gasteiger partial charge in [-0.2, -0.15) is 0 Å². The number of benzene rings is 1. The van der Waals surface area contributed by atoms with E-state index in [1.165, 1.54) is 18.5 Å². The molecule has 0 bridgehead atoms. The van der Waals surface area contributed by atoms with Crippen molar-refractivity contribution in [2.75, 3.05) is 27.2 Å². The summed E-state index contributed by atoms with van der Waals surface area (Å²) >= 11 is 3.55. The Kier molecular flexibility index (Phi) is 5.43. The quantitative estimate of drug-likeness (QED) is 0.822. The third-order valence-electron chi connectivity index (χ3n) is 4.22. The maximum Gasteiger partial charge on any atom is 0.0330 e. The summed E-state index contributed by atoms with van der Waals surface area (Å²) in [5.41, 5.74) is 1.37. The van der Waals surface area contributed by atoms with Gasteiger partial charge in [-0.15, -0.1) is 0 Å². The molecule has 0 radical (unpaired) electrons. The molecule has 0 spiro atoms. The maximum absolute atomic E-state index is 3.55. The lowest BCUT2D eigenvalue weighted by Gasteiger charge is -2.22. The molecule has 1 aromatic carbocycles. The van der Waals surface area contributed by atoms with Crippen LogP contribution in [0.3, 0.4) is 0 Å². The van der Waals surface area contributed by atoms with E-state index >= 15 is 0 Å². The van der Waals surface area contributed by atoms with Crippen LogP contribution in [0.25, 0.3) is 0 Å². The highest BCUT2D eigenvalue weighted by Gasteiger charge is 2.32. The largest absolute Gasteiger partial charge is 0.313 e. The molecule has 19 heavy (non-hydrogen) atoms. The van der Waals surface area contributed by atoms with Crippen LogP contribution in [0.2, 0.25) is 0 Å². The standard InChI is InChI=1S/C16H25BrN2/c1-12-9-14(12)11-19(3)8-7-16(18-2)13-5-4-6-15(17)10-13/h4-6,10,12,14,16,18H,7-9,11H2,1-3H3. The van der Waals surface area contributed by atoms with Gasteiger partial charge < -0.3 is 10.2 Å². The van der Waals surface area contributed by atoms with E-state index in [1.807, 2.05) is 0 Å². The van der Waals surface area contributed by atoms with E-state index in [1.54, 1.807) is 0 Å². The maximum atomic E-state index is 3.55. The summed E-state index contributed by atoms with van der Waals surface area (Å²) in [4.78, 5) is 2.48. The Morgan fingerprint density at radius 1 is 1.47 bits per heavy atom. The molecule has 1 aliphatic rings. The fourth-order valence-electron chi connectivity index (χ4n) is 2.70. The smallest absolute Gasteiger partial charge is 0.0330 e. The summed E-state index contributed by atoms with van der Waals surface area (Å²) in [6.07, 6.45) is 2.58.